The van der Waals surface area contributed by atoms with Gasteiger partial charge in [0, 0.05) is 6.54 Å². The van der Waals surface area contributed by atoms with Crippen molar-refractivity contribution in [2.24, 2.45) is 0 Å². The number of carboxylic acids is 2. The van der Waals surface area contributed by atoms with E-state index in [0.717, 1.165) is 5.56 Å². The smallest absolute Gasteiger partial charge is 0.335 e. The first-order valence-electron chi connectivity index (χ1n) is 5.11. The third-order valence-corrected chi connectivity index (χ3v) is 2.86. The SMILES string of the molecule is CN(Cc1ccccc1)C(C)(C(=O)O)C(=O)O. The van der Waals surface area contributed by atoms with Crippen LogP contribution in [0.1, 0.15) is 12.5 Å². The van der Waals surface area contributed by atoms with Crippen LogP contribution in [-0.2, 0) is 16.1 Å². The minimum absolute atomic E-state index is 0.260. The van der Waals surface area contributed by atoms with Crippen molar-refractivity contribution < 1.29 is 19.8 Å². The van der Waals surface area contributed by atoms with Crippen molar-refractivity contribution >= 4 is 11.9 Å². The van der Waals surface area contributed by atoms with E-state index < -0.39 is 17.5 Å². The average Bonchev–Trinajstić information content (AvgIpc) is 2.28. The Bertz CT molecular complexity index is 402. The molecule has 0 atom stereocenters. The number of rotatable bonds is 5. The summed E-state index contributed by atoms with van der Waals surface area (Å²) < 4.78 is 0. The normalized spacial score (nSPS) is 11.5. The van der Waals surface area contributed by atoms with Crippen molar-refractivity contribution in [2.45, 2.75) is 19.0 Å². The van der Waals surface area contributed by atoms with Gasteiger partial charge in [-0.3, -0.25) is 4.90 Å². The molecular weight excluding hydrogens is 222 g/mol. The van der Waals surface area contributed by atoms with E-state index in [0.29, 0.717) is 0 Å². The summed E-state index contributed by atoms with van der Waals surface area (Å²) in [6.07, 6.45) is 0. The molecule has 92 valence electrons. The summed E-state index contributed by atoms with van der Waals surface area (Å²) in [5.74, 6) is -2.74. The zero-order valence-corrected chi connectivity index (χ0v) is 9.75. The van der Waals surface area contributed by atoms with Crippen LogP contribution >= 0.6 is 0 Å². The molecule has 0 unspecified atom stereocenters. The Morgan fingerprint density at radius 3 is 2.06 bits per heavy atom. The van der Waals surface area contributed by atoms with Crippen molar-refractivity contribution in [3.8, 4) is 0 Å². The van der Waals surface area contributed by atoms with E-state index in [-0.39, 0.29) is 6.54 Å². The molecule has 0 aromatic heterocycles. The van der Waals surface area contributed by atoms with Gasteiger partial charge < -0.3 is 10.2 Å². The summed E-state index contributed by atoms with van der Waals surface area (Å²) in [7, 11) is 1.48. The molecule has 0 heterocycles. The van der Waals surface area contributed by atoms with E-state index in [9.17, 15) is 9.59 Å². The molecule has 1 rings (SSSR count). The molecule has 0 aliphatic carbocycles. The lowest BCUT2D eigenvalue weighted by Crippen LogP contribution is -2.56. The summed E-state index contributed by atoms with van der Waals surface area (Å²) in [4.78, 5) is 23.4. The van der Waals surface area contributed by atoms with E-state index in [1.165, 1.54) is 18.9 Å². The Morgan fingerprint density at radius 1 is 1.18 bits per heavy atom. The first kappa shape index (κ1) is 13.2. The summed E-state index contributed by atoms with van der Waals surface area (Å²) >= 11 is 0. The highest BCUT2D eigenvalue weighted by atomic mass is 16.4. The predicted octanol–water partition coefficient (Wildman–Crippen LogP) is 1.05. The second kappa shape index (κ2) is 4.97. The van der Waals surface area contributed by atoms with Gasteiger partial charge in [-0.1, -0.05) is 30.3 Å². The van der Waals surface area contributed by atoms with E-state index in [1.54, 1.807) is 0 Å². The third-order valence-electron chi connectivity index (χ3n) is 2.86. The molecule has 0 amide bonds. The van der Waals surface area contributed by atoms with Gasteiger partial charge in [0.15, 0.2) is 0 Å². The summed E-state index contributed by atoms with van der Waals surface area (Å²) in [5.41, 5.74) is -1.06. The zero-order chi connectivity index (χ0) is 13.1. The highest BCUT2D eigenvalue weighted by molar-refractivity contribution is 6.02. The molecule has 1 aromatic carbocycles. The number of hydrogen-bond acceptors (Lipinski definition) is 3. The molecule has 17 heavy (non-hydrogen) atoms. The minimum atomic E-state index is -1.92. The van der Waals surface area contributed by atoms with Crippen molar-refractivity contribution in [1.82, 2.24) is 4.90 Å². The van der Waals surface area contributed by atoms with Crippen LogP contribution in [0, 0.1) is 0 Å². The number of likely N-dealkylation sites (N-methyl/N-ethyl adjacent to an activating group) is 1. The highest BCUT2D eigenvalue weighted by Crippen LogP contribution is 2.17. The van der Waals surface area contributed by atoms with Gasteiger partial charge in [-0.05, 0) is 19.5 Å². The summed E-state index contributed by atoms with van der Waals surface area (Å²) in [6.45, 7) is 1.44. The molecule has 5 heteroatoms. The monoisotopic (exact) mass is 237 g/mol. The van der Waals surface area contributed by atoms with Crippen LogP contribution in [0.15, 0.2) is 30.3 Å². The van der Waals surface area contributed by atoms with Crippen molar-refractivity contribution in [2.75, 3.05) is 7.05 Å². The van der Waals surface area contributed by atoms with E-state index in [2.05, 4.69) is 0 Å². The van der Waals surface area contributed by atoms with Crippen LogP contribution in [0.5, 0.6) is 0 Å². The second-order valence-corrected chi connectivity index (χ2v) is 4.02. The van der Waals surface area contributed by atoms with Gasteiger partial charge in [0.05, 0.1) is 0 Å². The highest BCUT2D eigenvalue weighted by Gasteiger charge is 2.45. The fraction of sp³-hybridized carbons (Fsp3) is 0.333. The van der Waals surface area contributed by atoms with E-state index in [1.807, 2.05) is 30.3 Å². The molecule has 5 nitrogen and oxygen atoms in total. The number of carbonyl (C=O) groups is 2. The molecule has 0 bridgehead atoms. The third kappa shape index (κ3) is 2.62. The van der Waals surface area contributed by atoms with Crippen LogP contribution in [-0.4, -0.2) is 39.6 Å². The topological polar surface area (TPSA) is 77.8 Å². The molecule has 2 N–H and O–H groups in total. The van der Waals surface area contributed by atoms with Crippen LogP contribution in [0.25, 0.3) is 0 Å². The molecule has 0 spiro atoms. The molecule has 0 aliphatic rings. The first-order valence-corrected chi connectivity index (χ1v) is 5.11. The second-order valence-electron chi connectivity index (χ2n) is 4.02. The van der Waals surface area contributed by atoms with Gasteiger partial charge in [-0.15, -0.1) is 0 Å². The quantitative estimate of drug-likeness (QED) is 0.748. The molecule has 0 saturated heterocycles. The minimum Gasteiger partial charge on any atom is -0.479 e. The molecular formula is C12H15NO4. The Morgan fingerprint density at radius 2 is 1.65 bits per heavy atom. The van der Waals surface area contributed by atoms with Crippen molar-refractivity contribution in [1.29, 1.82) is 0 Å². The van der Waals surface area contributed by atoms with Crippen LogP contribution < -0.4 is 0 Å². The van der Waals surface area contributed by atoms with Crippen LogP contribution in [0.3, 0.4) is 0 Å². The van der Waals surface area contributed by atoms with E-state index >= 15 is 0 Å². The van der Waals surface area contributed by atoms with Gasteiger partial charge >= 0.3 is 11.9 Å². The zero-order valence-electron chi connectivity index (χ0n) is 9.75. The predicted molar refractivity (Wildman–Crippen MR) is 61.6 cm³/mol. The van der Waals surface area contributed by atoms with Gasteiger partial charge in [0.25, 0.3) is 0 Å². The Kier molecular flexibility index (Phi) is 3.85. The summed E-state index contributed by atoms with van der Waals surface area (Å²) in [6, 6.07) is 9.13. The van der Waals surface area contributed by atoms with Crippen molar-refractivity contribution in [3.05, 3.63) is 35.9 Å². The average molecular weight is 237 g/mol. The first-order chi connectivity index (χ1) is 7.89. The number of benzene rings is 1. The number of aliphatic carboxylic acids is 2. The standard InChI is InChI=1S/C12H15NO4/c1-12(10(14)15,11(16)17)13(2)8-9-6-4-3-5-7-9/h3-7H,8H2,1-2H3,(H,14,15)(H,16,17). The fourth-order valence-corrected chi connectivity index (χ4v) is 1.43. The van der Waals surface area contributed by atoms with Crippen LogP contribution in [0.2, 0.25) is 0 Å². The van der Waals surface area contributed by atoms with Gasteiger partial charge in [0.1, 0.15) is 0 Å². The Hall–Kier alpha value is -1.88. The Labute approximate surface area is 99.3 Å². The molecule has 0 fully saturated rings. The maximum atomic E-state index is 11.1. The molecule has 0 radical (unpaired) electrons. The van der Waals surface area contributed by atoms with Gasteiger partial charge in [-0.2, -0.15) is 0 Å². The molecule has 0 saturated carbocycles. The number of nitrogens with zero attached hydrogens (tertiary/aromatic N) is 1. The molecule has 1 aromatic rings. The lowest BCUT2D eigenvalue weighted by atomic mass is 10.00. The van der Waals surface area contributed by atoms with Crippen LogP contribution in [0.4, 0.5) is 0 Å². The summed E-state index contributed by atoms with van der Waals surface area (Å²) in [5, 5.41) is 18.1. The van der Waals surface area contributed by atoms with Crippen molar-refractivity contribution in [3.63, 3.8) is 0 Å². The van der Waals surface area contributed by atoms with Gasteiger partial charge in [-0.25, -0.2) is 9.59 Å². The van der Waals surface area contributed by atoms with Gasteiger partial charge in [0.2, 0.25) is 5.54 Å². The number of carboxylic acid groups (broad SMARTS) is 2. The Balaban J connectivity index is 2.91. The number of hydrogen-bond donors (Lipinski definition) is 2. The largest absolute Gasteiger partial charge is 0.479 e. The lowest BCUT2D eigenvalue weighted by Gasteiger charge is -2.30. The molecule has 0 aliphatic heterocycles. The maximum absolute atomic E-state index is 11.1. The fourth-order valence-electron chi connectivity index (χ4n) is 1.43. The maximum Gasteiger partial charge on any atom is 0.335 e. The van der Waals surface area contributed by atoms with E-state index in [4.69, 9.17) is 10.2 Å². The lowest BCUT2D eigenvalue weighted by molar-refractivity contribution is -0.165.